The molecule has 1 aliphatic heterocycles. The Hall–Kier alpha value is -2.71. The van der Waals surface area contributed by atoms with Crippen molar-refractivity contribution in [2.24, 2.45) is 11.0 Å². The summed E-state index contributed by atoms with van der Waals surface area (Å²) < 4.78 is 47.6. The van der Waals surface area contributed by atoms with E-state index < -0.39 is 24.2 Å². The summed E-state index contributed by atoms with van der Waals surface area (Å²) >= 11 is 12.6. The lowest BCUT2D eigenvalue weighted by atomic mass is 10.1. The van der Waals surface area contributed by atoms with Crippen molar-refractivity contribution in [3.8, 4) is 5.69 Å². The summed E-state index contributed by atoms with van der Waals surface area (Å²) in [6, 6.07) is 7.17. The summed E-state index contributed by atoms with van der Waals surface area (Å²) in [6.07, 6.45) is 2.60. The second-order valence-electron chi connectivity index (χ2n) is 7.59. The molecule has 1 aromatic carbocycles. The molecule has 5 nitrogen and oxygen atoms in total. The molecule has 10 heteroatoms. The molecule has 0 bridgehead atoms. The van der Waals surface area contributed by atoms with Gasteiger partial charge in [0.05, 0.1) is 5.03 Å². The molecule has 1 N–H and O–H groups in total. The maximum absolute atomic E-state index is 13.4. The average Bonchev–Trinajstić information content (AvgIpc) is 3.28. The van der Waals surface area contributed by atoms with Gasteiger partial charge in [-0.2, -0.15) is 13.2 Å². The summed E-state index contributed by atoms with van der Waals surface area (Å²) in [5.74, 6) is -1.65. The van der Waals surface area contributed by atoms with E-state index in [1.165, 1.54) is 6.92 Å². The fraction of sp³-hybridized carbons (Fsp3) is 0.304. The van der Waals surface area contributed by atoms with E-state index in [4.69, 9.17) is 32.9 Å². The Morgan fingerprint density at radius 2 is 1.97 bits per heavy atom. The van der Waals surface area contributed by atoms with Crippen LogP contribution in [0.15, 0.2) is 58.7 Å². The third-order valence-corrected chi connectivity index (χ3v) is 6.03. The van der Waals surface area contributed by atoms with Crippen molar-refractivity contribution < 1.29 is 17.9 Å². The third kappa shape index (κ3) is 4.68. The van der Waals surface area contributed by atoms with Gasteiger partial charge in [0.15, 0.2) is 0 Å². The summed E-state index contributed by atoms with van der Waals surface area (Å²) in [5, 5.41) is 4.90. The van der Waals surface area contributed by atoms with Crippen LogP contribution in [0.4, 0.5) is 13.2 Å². The van der Waals surface area contributed by atoms with Gasteiger partial charge < -0.3 is 4.74 Å². The monoisotopic (exact) mass is 496 g/mol. The number of alkyl halides is 3. The van der Waals surface area contributed by atoms with Gasteiger partial charge in [0.2, 0.25) is 12.1 Å². The fourth-order valence-corrected chi connectivity index (χ4v) is 4.14. The SMILES string of the molecule is CCC(C1=NNC(c2nc(C3=CCC=CC=C3Cl)n(-c3ccc(Cl)cc3)c2C)O1)C(F)(F)F. The second kappa shape index (κ2) is 9.27. The van der Waals surface area contributed by atoms with Gasteiger partial charge in [0, 0.05) is 22.0 Å². The number of nitrogens with zero attached hydrogens (tertiary/aromatic N) is 3. The molecule has 0 saturated heterocycles. The number of imidazole rings is 1. The minimum atomic E-state index is -4.45. The summed E-state index contributed by atoms with van der Waals surface area (Å²) in [5.41, 5.74) is 5.23. The highest BCUT2D eigenvalue weighted by Gasteiger charge is 2.46. The molecule has 2 unspecified atom stereocenters. The molecule has 174 valence electrons. The van der Waals surface area contributed by atoms with Gasteiger partial charge in [-0.25, -0.2) is 4.98 Å². The third-order valence-electron chi connectivity index (χ3n) is 5.44. The molecule has 0 radical (unpaired) electrons. The van der Waals surface area contributed by atoms with Gasteiger partial charge in [0.25, 0.3) is 0 Å². The molecule has 2 heterocycles. The highest BCUT2D eigenvalue weighted by atomic mass is 35.5. The van der Waals surface area contributed by atoms with Crippen LogP contribution in [0.25, 0.3) is 11.3 Å². The van der Waals surface area contributed by atoms with E-state index in [2.05, 4.69) is 10.5 Å². The predicted molar refractivity (Wildman–Crippen MR) is 123 cm³/mol. The van der Waals surface area contributed by atoms with Crippen molar-refractivity contribution in [3.05, 3.63) is 75.8 Å². The Morgan fingerprint density at radius 1 is 1.24 bits per heavy atom. The molecule has 2 aliphatic rings. The number of hydrogen-bond acceptors (Lipinski definition) is 4. The van der Waals surface area contributed by atoms with Gasteiger partial charge in [-0.05, 0) is 50.1 Å². The van der Waals surface area contributed by atoms with Crippen molar-refractivity contribution in [1.82, 2.24) is 15.0 Å². The molecule has 2 atom stereocenters. The molecule has 2 aromatic rings. The average molecular weight is 497 g/mol. The summed E-state index contributed by atoms with van der Waals surface area (Å²) in [4.78, 5) is 4.75. The molecule has 4 rings (SSSR count). The van der Waals surface area contributed by atoms with E-state index in [0.29, 0.717) is 39.3 Å². The van der Waals surface area contributed by atoms with E-state index in [9.17, 15) is 13.2 Å². The van der Waals surface area contributed by atoms with Crippen LogP contribution in [-0.4, -0.2) is 21.6 Å². The molecular weight excluding hydrogens is 476 g/mol. The van der Waals surface area contributed by atoms with Crippen LogP contribution in [0, 0.1) is 12.8 Å². The van der Waals surface area contributed by atoms with Crippen molar-refractivity contribution in [3.63, 3.8) is 0 Å². The largest absolute Gasteiger partial charge is 0.448 e. The number of halogens is 5. The minimum absolute atomic E-state index is 0.180. The zero-order valence-corrected chi connectivity index (χ0v) is 19.3. The maximum atomic E-state index is 13.4. The predicted octanol–water partition coefficient (Wildman–Crippen LogP) is 6.82. The quantitative estimate of drug-likeness (QED) is 0.493. The van der Waals surface area contributed by atoms with Crippen LogP contribution in [0.5, 0.6) is 0 Å². The van der Waals surface area contributed by atoms with E-state index in [0.717, 1.165) is 5.69 Å². The van der Waals surface area contributed by atoms with Crippen molar-refractivity contribution in [2.75, 3.05) is 0 Å². The molecule has 33 heavy (non-hydrogen) atoms. The fourth-order valence-electron chi connectivity index (χ4n) is 3.77. The standard InChI is InChI=1S/C23H21Cl2F3N4O/c1-3-17(23(26,27)28)21-30-31-22(33-21)19-13(2)32(15-11-9-14(24)10-12-15)20(29-19)16-7-5-4-6-8-18(16)25/h4,6-12,17,22,31H,3,5H2,1-2H3. The number of allylic oxidation sites excluding steroid dienone is 6. The molecule has 0 amide bonds. The zero-order chi connectivity index (χ0) is 23.8. The molecule has 0 spiro atoms. The lowest BCUT2D eigenvalue weighted by molar-refractivity contribution is -0.160. The highest BCUT2D eigenvalue weighted by Crippen LogP contribution is 2.37. The first-order valence-corrected chi connectivity index (χ1v) is 11.1. The topological polar surface area (TPSA) is 51.4 Å². The number of rotatable bonds is 5. The molecular formula is C23H21Cl2F3N4O. The number of hydrogen-bond donors (Lipinski definition) is 1. The molecule has 0 saturated carbocycles. The van der Waals surface area contributed by atoms with E-state index >= 15 is 0 Å². The van der Waals surface area contributed by atoms with Crippen LogP contribution < -0.4 is 5.43 Å². The first kappa shape index (κ1) is 23.4. The lowest BCUT2D eigenvalue weighted by Crippen LogP contribution is -2.30. The lowest BCUT2D eigenvalue weighted by Gasteiger charge is -2.18. The van der Waals surface area contributed by atoms with Crippen LogP contribution >= 0.6 is 23.2 Å². The van der Waals surface area contributed by atoms with E-state index in [1.54, 1.807) is 18.2 Å². The Bertz CT molecular complexity index is 1160. The number of hydrazone groups is 1. The van der Waals surface area contributed by atoms with Gasteiger partial charge in [-0.3, -0.25) is 9.99 Å². The normalized spacial score (nSPS) is 19.2. The smallest absolute Gasteiger partial charge is 0.400 e. The number of aromatic nitrogens is 2. The van der Waals surface area contributed by atoms with Crippen LogP contribution in [0.2, 0.25) is 5.02 Å². The van der Waals surface area contributed by atoms with Crippen molar-refractivity contribution >= 4 is 34.7 Å². The zero-order valence-electron chi connectivity index (χ0n) is 17.8. The second-order valence-corrected chi connectivity index (χ2v) is 8.44. The summed E-state index contributed by atoms with van der Waals surface area (Å²) in [6.45, 7) is 3.26. The van der Waals surface area contributed by atoms with Crippen molar-refractivity contribution in [2.45, 2.75) is 39.1 Å². The number of nitrogens with one attached hydrogen (secondary N) is 1. The van der Waals surface area contributed by atoms with Crippen LogP contribution in [-0.2, 0) is 4.74 Å². The Kier molecular flexibility index (Phi) is 6.59. The first-order chi connectivity index (χ1) is 15.7. The van der Waals surface area contributed by atoms with Crippen LogP contribution in [0.1, 0.15) is 43.2 Å². The van der Waals surface area contributed by atoms with Crippen molar-refractivity contribution in [1.29, 1.82) is 0 Å². The Labute approximate surface area is 199 Å². The Balaban J connectivity index is 1.77. The minimum Gasteiger partial charge on any atom is -0.448 e. The highest BCUT2D eigenvalue weighted by molar-refractivity contribution is 6.37. The van der Waals surface area contributed by atoms with Crippen LogP contribution in [0.3, 0.4) is 0 Å². The maximum Gasteiger partial charge on any atom is 0.400 e. The first-order valence-electron chi connectivity index (χ1n) is 10.4. The van der Waals surface area contributed by atoms with Gasteiger partial charge >= 0.3 is 6.18 Å². The van der Waals surface area contributed by atoms with Gasteiger partial charge in [-0.15, -0.1) is 5.10 Å². The van der Waals surface area contributed by atoms with Gasteiger partial charge in [-0.1, -0.05) is 48.4 Å². The molecule has 0 fully saturated rings. The van der Waals surface area contributed by atoms with Gasteiger partial charge in [0.1, 0.15) is 17.4 Å². The molecule has 1 aromatic heterocycles. The Morgan fingerprint density at radius 3 is 2.64 bits per heavy atom. The van der Waals surface area contributed by atoms with E-state index in [1.807, 2.05) is 41.9 Å². The summed E-state index contributed by atoms with van der Waals surface area (Å²) in [7, 11) is 0. The van der Waals surface area contributed by atoms with E-state index in [-0.39, 0.29) is 6.42 Å². The molecule has 1 aliphatic carbocycles. The number of ether oxygens (including phenoxy) is 1. The number of benzene rings is 1.